The zero-order chi connectivity index (χ0) is 24.7. The number of hydrogen-bond acceptors (Lipinski definition) is 6. The molecule has 0 bridgehead atoms. The third kappa shape index (κ3) is 5.03. The predicted octanol–water partition coefficient (Wildman–Crippen LogP) is 5.74. The lowest BCUT2D eigenvalue weighted by molar-refractivity contribution is -0.00773. The highest BCUT2D eigenvalue weighted by Crippen LogP contribution is 2.38. The maximum atomic E-state index is 13.3. The molecule has 3 aromatic rings. The Hall–Kier alpha value is -2.70. The van der Waals surface area contributed by atoms with E-state index in [1.54, 1.807) is 18.5 Å². The molecule has 6 nitrogen and oxygen atoms in total. The lowest BCUT2D eigenvalue weighted by atomic mass is 9.77. The van der Waals surface area contributed by atoms with Crippen LogP contribution in [0.1, 0.15) is 62.9 Å². The number of anilines is 2. The summed E-state index contributed by atoms with van der Waals surface area (Å²) < 4.78 is 0. The first-order valence-corrected chi connectivity index (χ1v) is 12.2. The lowest BCUT2D eigenvalue weighted by Crippen LogP contribution is -2.61. The number of nitrogens with zero attached hydrogens (tertiary/aromatic N) is 3. The number of nitrogen functional groups attached to an aromatic ring is 1. The van der Waals surface area contributed by atoms with E-state index in [0.717, 1.165) is 29.2 Å². The topological polar surface area (TPSA) is 84.1 Å². The highest BCUT2D eigenvalue weighted by atomic mass is 35.5. The summed E-state index contributed by atoms with van der Waals surface area (Å²) in [6.07, 6.45) is 6.21. The van der Waals surface area contributed by atoms with Crippen molar-refractivity contribution in [2.24, 2.45) is 0 Å². The summed E-state index contributed by atoms with van der Waals surface area (Å²) in [5.41, 5.74) is 7.65. The molecule has 3 N–H and O–H groups in total. The number of halogens is 1. The van der Waals surface area contributed by atoms with Crippen molar-refractivity contribution in [3.8, 4) is 0 Å². The first-order valence-electron chi connectivity index (χ1n) is 11.8. The van der Waals surface area contributed by atoms with Gasteiger partial charge in [-0.1, -0.05) is 29.8 Å². The fraction of sp³-hybridized carbons (Fsp3) is 0.444. The second-order valence-electron chi connectivity index (χ2n) is 10.7. The summed E-state index contributed by atoms with van der Waals surface area (Å²) in [4.78, 5) is 24.4. The number of fused-ring (bicyclic) bond motifs is 1. The van der Waals surface area contributed by atoms with Crippen molar-refractivity contribution in [3.05, 3.63) is 58.9 Å². The van der Waals surface area contributed by atoms with E-state index in [0.29, 0.717) is 35.1 Å². The van der Waals surface area contributed by atoms with Gasteiger partial charge in [0.25, 0.3) is 0 Å². The van der Waals surface area contributed by atoms with E-state index < -0.39 is 0 Å². The molecule has 0 amide bonds. The van der Waals surface area contributed by atoms with E-state index in [1.807, 2.05) is 18.2 Å². The zero-order valence-corrected chi connectivity index (χ0v) is 21.4. The van der Waals surface area contributed by atoms with Crippen molar-refractivity contribution >= 4 is 39.8 Å². The summed E-state index contributed by atoms with van der Waals surface area (Å²) in [6, 6.07) is 9.92. The van der Waals surface area contributed by atoms with E-state index in [-0.39, 0.29) is 22.9 Å². The Morgan fingerprint density at radius 2 is 1.85 bits per heavy atom. The van der Waals surface area contributed by atoms with Crippen molar-refractivity contribution in [2.45, 2.75) is 70.5 Å². The molecule has 1 saturated heterocycles. The van der Waals surface area contributed by atoms with Gasteiger partial charge in [0.1, 0.15) is 11.6 Å². The Morgan fingerprint density at radius 3 is 2.56 bits per heavy atom. The molecule has 0 saturated carbocycles. The third-order valence-corrected chi connectivity index (χ3v) is 7.51. The van der Waals surface area contributed by atoms with Gasteiger partial charge < -0.3 is 11.1 Å². The van der Waals surface area contributed by atoms with Crippen LogP contribution >= 0.6 is 11.6 Å². The van der Waals surface area contributed by atoms with Gasteiger partial charge in [-0.15, -0.1) is 0 Å². The van der Waals surface area contributed by atoms with Crippen LogP contribution in [-0.2, 0) is 6.42 Å². The Balaban J connectivity index is 1.51. The number of pyridine rings is 2. The maximum absolute atomic E-state index is 13.3. The third-order valence-electron chi connectivity index (χ3n) is 7.30. The predicted molar refractivity (Wildman–Crippen MR) is 141 cm³/mol. The van der Waals surface area contributed by atoms with Crippen LogP contribution in [0.15, 0.2) is 42.7 Å². The van der Waals surface area contributed by atoms with Crippen LogP contribution in [0, 0.1) is 0 Å². The Labute approximate surface area is 206 Å². The molecular weight excluding hydrogens is 446 g/mol. The summed E-state index contributed by atoms with van der Waals surface area (Å²) in [6.45, 7) is 9.04. The van der Waals surface area contributed by atoms with Crippen molar-refractivity contribution < 1.29 is 4.79 Å². The number of Topliss-reactive ketones (excluding diaryl/α,β-unsaturated/α-hetero) is 1. The average molecular weight is 480 g/mol. The summed E-state index contributed by atoms with van der Waals surface area (Å²) >= 11 is 6.24. The molecule has 1 aliphatic heterocycles. The molecule has 2 aromatic heterocycles. The Morgan fingerprint density at radius 1 is 1.15 bits per heavy atom. The van der Waals surface area contributed by atoms with Crippen LogP contribution in [0.2, 0.25) is 5.02 Å². The summed E-state index contributed by atoms with van der Waals surface area (Å²) in [5.74, 6) is 1.16. The number of hydrogen-bond donors (Lipinski definition) is 2. The van der Waals surface area contributed by atoms with Crippen molar-refractivity contribution in [2.75, 3.05) is 18.1 Å². The second kappa shape index (κ2) is 9.16. The molecule has 1 fully saturated rings. The van der Waals surface area contributed by atoms with Crippen molar-refractivity contribution in [1.29, 1.82) is 0 Å². The summed E-state index contributed by atoms with van der Waals surface area (Å²) in [7, 11) is 2.18. The van der Waals surface area contributed by atoms with Crippen molar-refractivity contribution in [1.82, 2.24) is 14.9 Å². The SMILES string of the molecule is CN1C(C)(C)CC(Nc2ncc(Cl)cc2C(=O)CCc2ccc3c(N)nccc3c2)CC1(C)C. The van der Waals surface area contributed by atoms with Gasteiger partial charge in [-0.3, -0.25) is 9.69 Å². The number of rotatable bonds is 6. The van der Waals surface area contributed by atoms with E-state index in [1.165, 1.54) is 0 Å². The standard InChI is InChI=1S/C27H34ClN5O/c1-26(2)14-20(15-27(3,4)33(26)5)32-25-22(13-19(28)16-31-25)23(34)9-7-17-6-8-21-18(12-17)10-11-30-24(21)29/h6,8,10-13,16,20H,7,9,14-15H2,1-5H3,(H2,29,30)(H,31,32). The fourth-order valence-electron chi connectivity index (χ4n) is 5.23. The molecule has 0 unspecified atom stereocenters. The van der Waals surface area contributed by atoms with E-state index in [2.05, 4.69) is 61.0 Å². The number of nitrogens with one attached hydrogen (secondary N) is 1. The van der Waals surface area contributed by atoms with Crippen LogP contribution < -0.4 is 11.1 Å². The number of carbonyl (C=O) groups excluding carboxylic acids is 1. The van der Waals surface area contributed by atoms with E-state index >= 15 is 0 Å². The van der Waals surface area contributed by atoms with E-state index in [4.69, 9.17) is 17.3 Å². The van der Waals surface area contributed by atoms with Gasteiger partial charge in [0.05, 0.1) is 10.6 Å². The van der Waals surface area contributed by atoms with E-state index in [9.17, 15) is 4.79 Å². The average Bonchev–Trinajstić information content (AvgIpc) is 2.76. The molecule has 7 heteroatoms. The van der Waals surface area contributed by atoms with Gasteiger partial charge in [-0.05, 0) is 77.1 Å². The minimum Gasteiger partial charge on any atom is -0.383 e. The number of aryl methyl sites for hydroxylation is 1. The molecule has 1 aromatic carbocycles. The van der Waals surface area contributed by atoms with Gasteiger partial charge in [0.2, 0.25) is 0 Å². The molecule has 1 aliphatic rings. The van der Waals surface area contributed by atoms with Gasteiger partial charge in [0.15, 0.2) is 5.78 Å². The van der Waals surface area contributed by atoms with Crippen molar-refractivity contribution in [3.63, 3.8) is 0 Å². The smallest absolute Gasteiger partial charge is 0.166 e. The monoisotopic (exact) mass is 479 g/mol. The van der Waals surface area contributed by atoms with Crippen LogP contribution in [-0.4, -0.2) is 44.8 Å². The minimum absolute atomic E-state index is 0.0262. The highest BCUT2D eigenvalue weighted by Gasteiger charge is 2.43. The molecule has 34 heavy (non-hydrogen) atoms. The number of likely N-dealkylation sites (tertiary alicyclic amines) is 1. The zero-order valence-electron chi connectivity index (χ0n) is 20.7. The molecule has 4 rings (SSSR count). The van der Waals surface area contributed by atoms with Crippen LogP contribution in [0.4, 0.5) is 11.6 Å². The molecule has 0 aliphatic carbocycles. The largest absolute Gasteiger partial charge is 0.383 e. The number of aromatic nitrogens is 2. The fourth-order valence-corrected chi connectivity index (χ4v) is 5.39. The highest BCUT2D eigenvalue weighted by molar-refractivity contribution is 6.31. The normalized spacial score (nSPS) is 18.2. The molecule has 0 spiro atoms. The van der Waals surface area contributed by atoms with Crippen LogP contribution in [0.3, 0.4) is 0 Å². The van der Waals surface area contributed by atoms with Gasteiger partial charge in [-0.2, -0.15) is 0 Å². The molecule has 0 atom stereocenters. The summed E-state index contributed by atoms with van der Waals surface area (Å²) in [5, 5.41) is 5.99. The van der Waals surface area contributed by atoms with Crippen LogP contribution in [0.5, 0.6) is 0 Å². The molecular formula is C27H34ClN5O. The first kappa shape index (κ1) is 24.4. The maximum Gasteiger partial charge on any atom is 0.166 e. The van der Waals surface area contributed by atoms with Gasteiger partial charge >= 0.3 is 0 Å². The Kier molecular flexibility index (Phi) is 6.58. The number of ketones is 1. The quantitative estimate of drug-likeness (QED) is 0.438. The van der Waals surface area contributed by atoms with Crippen LogP contribution in [0.25, 0.3) is 10.8 Å². The minimum atomic E-state index is 0.0262. The number of piperidine rings is 1. The molecule has 3 heterocycles. The number of nitrogens with two attached hydrogens (primary N) is 1. The second-order valence-corrected chi connectivity index (χ2v) is 11.1. The number of carbonyl (C=O) groups is 1. The van der Waals surface area contributed by atoms with Gasteiger partial charge in [0, 0.05) is 41.3 Å². The molecule has 0 radical (unpaired) electrons. The lowest BCUT2D eigenvalue weighted by Gasteiger charge is -2.53. The Bertz CT molecular complexity index is 1200. The van der Waals surface area contributed by atoms with Gasteiger partial charge in [-0.25, -0.2) is 9.97 Å². The molecule has 180 valence electrons. The number of benzene rings is 1. The first-order chi connectivity index (χ1) is 16.0.